The molecule has 6 rings (SSSR count). The van der Waals surface area contributed by atoms with Crippen molar-refractivity contribution >= 4 is 46.5 Å². The van der Waals surface area contributed by atoms with Gasteiger partial charge in [0.05, 0.1) is 36.2 Å². The van der Waals surface area contributed by atoms with E-state index in [1.54, 1.807) is 11.8 Å². The summed E-state index contributed by atoms with van der Waals surface area (Å²) in [6.07, 6.45) is 2.63. The maximum atomic E-state index is 13.5. The van der Waals surface area contributed by atoms with Crippen molar-refractivity contribution in [3.63, 3.8) is 0 Å². The molecule has 51 heavy (non-hydrogen) atoms. The first kappa shape index (κ1) is 36.5. The van der Waals surface area contributed by atoms with Gasteiger partial charge in [-0.2, -0.15) is 0 Å². The third-order valence-corrected chi connectivity index (χ3v) is 8.64. The summed E-state index contributed by atoms with van der Waals surface area (Å²) in [5.74, 6) is -2.34. The fourth-order valence-electron chi connectivity index (χ4n) is 6.14. The number of para-hydroxylation sites is 3. The summed E-state index contributed by atoms with van der Waals surface area (Å²) in [7, 11) is 0. The highest BCUT2D eigenvalue weighted by Crippen LogP contribution is 2.27. The first-order chi connectivity index (χ1) is 24.6. The summed E-state index contributed by atoms with van der Waals surface area (Å²) < 4.78 is 20.8. The van der Waals surface area contributed by atoms with Crippen molar-refractivity contribution in [2.45, 2.75) is 44.9 Å². The number of hydrogen-bond acceptors (Lipinski definition) is 9. The van der Waals surface area contributed by atoms with Gasteiger partial charge in [-0.3, -0.25) is 9.59 Å². The molecule has 1 fully saturated rings. The van der Waals surface area contributed by atoms with E-state index < -0.39 is 18.1 Å². The molecule has 13 nitrogen and oxygen atoms in total. The van der Waals surface area contributed by atoms with Crippen LogP contribution in [0.2, 0.25) is 0 Å². The summed E-state index contributed by atoms with van der Waals surface area (Å²) in [5.41, 5.74) is 4.33. The molecule has 3 aromatic carbocycles. The van der Waals surface area contributed by atoms with Gasteiger partial charge in [0.1, 0.15) is 12.0 Å². The monoisotopic (exact) mass is 700 g/mol. The van der Waals surface area contributed by atoms with Crippen LogP contribution in [0.3, 0.4) is 0 Å². The second kappa shape index (κ2) is 17.3. The van der Waals surface area contributed by atoms with Gasteiger partial charge in [-0.1, -0.05) is 36.4 Å². The number of carboxylic acid groups (broad SMARTS) is 2. The number of benzene rings is 3. The van der Waals surface area contributed by atoms with E-state index in [0.717, 1.165) is 54.2 Å². The topological polar surface area (TPSA) is 166 Å². The molecule has 3 heterocycles. The van der Waals surface area contributed by atoms with Crippen LogP contribution in [0, 0.1) is 5.82 Å². The highest BCUT2D eigenvalue weighted by molar-refractivity contribution is 6.02. The highest BCUT2D eigenvalue weighted by Gasteiger charge is 2.34. The van der Waals surface area contributed by atoms with Gasteiger partial charge in [0.25, 0.3) is 5.91 Å². The number of amides is 1. The number of nitrogens with one attached hydrogen (secondary N) is 2. The summed E-state index contributed by atoms with van der Waals surface area (Å²) in [6.45, 7) is 5.66. The van der Waals surface area contributed by atoms with Crippen molar-refractivity contribution in [1.29, 1.82) is 0 Å². The van der Waals surface area contributed by atoms with Gasteiger partial charge >= 0.3 is 17.9 Å². The van der Waals surface area contributed by atoms with Crippen LogP contribution in [0.1, 0.15) is 42.1 Å². The molecule has 1 amide bonds. The van der Waals surface area contributed by atoms with Gasteiger partial charge in [0, 0.05) is 50.1 Å². The van der Waals surface area contributed by atoms with Crippen molar-refractivity contribution in [2.75, 3.05) is 43.4 Å². The molecule has 0 aliphatic carbocycles. The number of hydrogen-bond donors (Lipinski definition) is 4. The number of fused-ring (bicyclic) bond motifs is 2. The maximum absolute atomic E-state index is 13.5. The molecule has 2 aliphatic rings. The summed E-state index contributed by atoms with van der Waals surface area (Å²) >= 11 is 0. The van der Waals surface area contributed by atoms with Crippen molar-refractivity contribution in [3.05, 3.63) is 102 Å². The Morgan fingerprint density at radius 2 is 1.63 bits per heavy atom. The first-order valence-electron chi connectivity index (χ1n) is 16.8. The number of carbonyl (C=O) groups excluding carboxylic acids is 2. The Hall–Kier alpha value is -5.76. The van der Waals surface area contributed by atoms with Crippen LogP contribution in [-0.2, 0) is 25.7 Å². The average Bonchev–Trinajstić information content (AvgIpc) is 3.45. The minimum Gasteiger partial charge on any atom is -0.478 e. The van der Waals surface area contributed by atoms with Gasteiger partial charge in [-0.25, -0.2) is 19.0 Å². The quantitative estimate of drug-likeness (QED) is 0.120. The first-order valence-corrected chi connectivity index (χ1v) is 16.8. The second-order valence-electron chi connectivity index (χ2n) is 12.1. The number of esters is 1. The number of aliphatic carboxylic acids is 2. The molecule has 268 valence electrons. The number of rotatable bonds is 12. The molecular weight excluding hydrogens is 659 g/mol. The van der Waals surface area contributed by atoms with E-state index in [1.165, 1.54) is 12.1 Å². The van der Waals surface area contributed by atoms with E-state index in [-0.39, 0.29) is 30.2 Å². The fraction of sp³-hybridized carbons (Fsp3) is 0.324. The Morgan fingerprint density at radius 1 is 0.961 bits per heavy atom. The molecule has 14 heteroatoms. The fourth-order valence-corrected chi connectivity index (χ4v) is 6.14. The summed E-state index contributed by atoms with van der Waals surface area (Å²) in [5, 5.41) is 22.7. The molecule has 2 aliphatic heterocycles. The zero-order valence-corrected chi connectivity index (χ0v) is 28.2. The van der Waals surface area contributed by atoms with E-state index in [0.29, 0.717) is 44.0 Å². The third-order valence-electron chi connectivity index (χ3n) is 8.64. The number of imidazole rings is 1. The number of anilines is 2. The van der Waals surface area contributed by atoms with E-state index in [4.69, 9.17) is 19.9 Å². The number of carbonyl (C=O) groups is 4. The zero-order valence-electron chi connectivity index (χ0n) is 28.2. The molecule has 4 N–H and O–H groups in total. The Bertz CT molecular complexity index is 1850. The van der Waals surface area contributed by atoms with Gasteiger partial charge in [0.2, 0.25) is 5.95 Å². The van der Waals surface area contributed by atoms with Crippen LogP contribution >= 0.6 is 0 Å². The second-order valence-corrected chi connectivity index (χ2v) is 12.1. The largest absolute Gasteiger partial charge is 0.478 e. The molecule has 0 spiro atoms. The van der Waals surface area contributed by atoms with Gasteiger partial charge in [0.15, 0.2) is 0 Å². The van der Waals surface area contributed by atoms with E-state index >= 15 is 0 Å². The van der Waals surface area contributed by atoms with E-state index in [1.807, 2.05) is 54.6 Å². The predicted molar refractivity (Wildman–Crippen MR) is 189 cm³/mol. The molecule has 1 atom stereocenters. The SMILES string of the molecule is CCOC(=O)CC1Nc2ccccc2C(=O)N1CCN1CCC(Nc2nc3ccccc3n2Cc2ccc(F)cc2)CC1.O=C(O)/C=C/C(=O)O. The highest BCUT2D eigenvalue weighted by atomic mass is 19.1. The average molecular weight is 701 g/mol. The number of halogens is 1. The Morgan fingerprint density at radius 3 is 2.31 bits per heavy atom. The van der Waals surface area contributed by atoms with Crippen molar-refractivity contribution < 1.29 is 38.5 Å². The van der Waals surface area contributed by atoms with E-state index in [9.17, 15) is 23.6 Å². The molecule has 1 saturated heterocycles. The van der Waals surface area contributed by atoms with Crippen molar-refractivity contribution in [3.8, 4) is 0 Å². The lowest BCUT2D eigenvalue weighted by Crippen LogP contribution is -2.53. The molecule has 0 saturated carbocycles. The van der Waals surface area contributed by atoms with Gasteiger partial charge in [-0.15, -0.1) is 0 Å². The number of ether oxygens (including phenoxy) is 1. The number of aromatic nitrogens is 2. The Kier molecular flexibility index (Phi) is 12.4. The number of likely N-dealkylation sites (tertiary alicyclic amines) is 1. The molecule has 1 aromatic heterocycles. The lowest BCUT2D eigenvalue weighted by Gasteiger charge is -2.39. The normalized spacial score (nSPS) is 16.2. The van der Waals surface area contributed by atoms with E-state index in [2.05, 4.69) is 26.2 Å². The lowest BCUT2D eigenvalue weighted by atomic mass is 10.0. The molecule has 0 radical (unpaired) electrons. The van der Waals surface area contributed by atoms with Crippen LogP contribution in [0.4, 0.5) is 16.0 Å². The Balaban J connectivity index is 0.000000565. The van der Waals surface area contributed by atoms with Crippen LogP contribution in [0.25, 0.3) is 11.0 Å². The van der Waals surface area contributed by atoms with Crippen LogP contribution in [0.15, 0.2) is 84.9 Å². The molecular formula is C37H41FN6O7. The molecule has 4 aromatic rings. The summed E-state index contributed by atoms with van der Waals surface area (Å²) in [6, 6.07) is 22.3. The molecule has 1 unspecified atom stereocenters. The smallest absolute Gasteiger partial charge is 0.328 e. The maximum Gasteiger partial charge on any atom is 0.328 e. The number of piperidine rings is 1. The minimum atomic E-state index is -1.26. The number of carboxylic acids is 2. The standard InChI is InChI=1S/C33H37FN6O3.C4H4O4/c1-2-43-31(41)21-30-36-27-8-4-3-7-26(27)32(42)39(30)20-19-38-17-15-25(16-18-38)35-33-37-28-9-5-6-10-29(28)40(33)22-23-11-13-24(34)14-12-23;5-3(6)1-2-4(7)8/h3-14,25,30,36H,2,15-22H2,1H3,(H,35,37);1-2H,(H,5,6)(H,7,8)/b;2-1+. The van der Waals surface area contributed by atoms with Crippen LogP contribution in [0.5, 0.6) is 0 Å². The lowest BCUT2D eigenvalue weighted by molar-refractivity contribution is -0.144. The van der Waals surface area contributed by atoms with Crippen molar-refractivity contribution in [2.24, 2.45) is 0 Å². The number of nitrogens with zero attached hydrogens (tertiary/aromatic N) is 4. The van der Waals surface area contributed by atoms with Gasteiger partial charge < -0.3 is 40.0 Å². The Labute approximate surface area is 294 Å². The van der Waals surface area contributed by atoms with Gasteiger partial charge in [-0.05, 0) is 61.7 Å². The summed E-state index contributed by atoms with van der Waals surface area (Å²) in [4.78, 5) is 53.9. The van der Waals surface area contributed by atoms with Crippen LogP contribution in [-0.4, -0.2) is 98.4 Å². The van der Waals surface area contributed by atoms with Crippen molar-refractivity contribution in [1.82, 2.24) is 19.4 Å². The predicted octanol–water partition coefficient (Wildman–Crippen LogP) is 4.66. The minimum absolute atomic E-state index is 0.0692. The zero-order chi connectivity index (χ0) is 36.3. The van der Waals surface area contributed by atoms with Crippen LogP contribution < -0.4 is 10.6 Å². The third kappa shape index (κ3) is 9.91. The molecule has 0 bridgehead atoms.